The Balaban J connectivity index is 3.76. The Morgan fingerprint density at radius 2 is 2.25 bits per heavy atom. The summed E-state index contributed by atoms with van der Waals surface area (Å²) in [4.78, 5) is 11.2. The summed E-state index contributed by atoms with van der Waals surface area (Å²) in [5.74, 6) is -0.221. The monoisotopic (exact) mass is 245 g/mol. The molecule has 1 N–H and O–H groups in total. The number of carbonyl (C=O) groups excluding carboxylic acids is 1. The zero-order chi connectivity index (χ0) is 12.4. The minimum absolute atomic E-state index is 0.221. The van der Waals surface area contributed by atoms with Crippen LogP contribution in [0, 0.1) is 0 Å². The molecule has 0 rings (SSSR count). The van der Waals surface area contributed by atoms with E-state index in [2.05, 4.69) is 23.2 Å². The smallest absolute Gasteiger partial charge is 0.333 e. The zero-order valence-corrected chi connectivity index (χ0v) is 11.5. The van der Waals surface area contributed by atoms with Crippen molar-refractivity contribution < 1.29 is 9.53 Å². The minimum atomic E-state index is -0.221. The second-order valence-corrected chi connectivity index (χ2v) is 4.89. The Labute approximate surface area is 103 Å². The molecule has 3 nitrogen and oxygen atoms in total. The van der Waals surface area contributed by atoms with E-state index < -0.39 is 0 Å². The van der Waals surface area contributed by atoms with Gasteiger partial charge in [-0.3, -0.25) is 0 Å². The van der Waals surface area contributed by atoms with Gasteiger partial charge in [-0.15, -0.1) is 0 Å². The molecule has 0 fully saturated rings. The van der Waals surface area contributed by atoms with Crippen LogP contribution >= 0.6 is 11.8 Å². The molecule has 0 saturated carbocycles. The number of hydrogen-bond donors (Lipinski definition) is 1. The molecule has 0 amide bonds. The molecule has 0 saturated heterocycles. The molecule has 0 aromatic carbocycles. The van der Waals surface area contributed by atoms with Gasteiger partial charge in [0.2, 0.25) is 0 Å². The Hall–Kier alpha value is -0.480. The number of ether oxygens (including phenoxy) is 1. The van der Waals surface area contributed by atoms with Crippen LogP contribution in [0.3, 0.4) is 0 Å². The number of nitrogens with one attached hydrogen (secondary N) is 1. The Morgan fingerprint density at radius 1 is 1.56 bits per heavy atom. The summed E-state index contributed by atoms with van der Waals surface area (Å²) >= 11 is 1.87. The lowest BCUT2D eigenvalue weighted by molar-refractivity contribution is -0.136. The summed E-state index contributed by atoms with van der Waals surface area (Å²) < 4.78 is 4.68. The average molecular weight is 245 g/mol. The third-order valence-electron chi connectivity index (χ3n) is 2.45. The quantitative estimate of drug-likeness (QED) is 0.404. The highest BCUT2D eigenvalue weighted by Crippen LogP contribution is 2.08. The summed E-state index contributed by atoms with van der Waals surface area (Å²) in [7, 11) is 1.42. The third-order valence-corrected chi connectivity index (χ3v) is 3.49. The van der Waals surface area contributed by atoms with E-state index in [-0.39, 0.29) is 5.97 Å². The second-order valence-electron chi connectivity index (χ2n) is 3.61. The number of carbonyl (C=O) groups is 1. The maximum Gasteiger partial charge on any atom is 0.333 e. The largest absolute Gasteiger partial charge is 0.466 e. The molecule has 0 aliphatic rings. The number of rotatable bonds is 8. The molecule has 1 atom stereocenters. The van der Waals surface area contributed by atoms with Crippen LogP contribution in [0.15, 0.2) is 11.6 Å². The van der Waals surface area contributed by atoms with E-state index in [4.69, 9.17) is 0 Å². The van der Waals surface area contributed by atoms with Gasteiger partial charge >= 0.3 is 5.97 Å². The molecular weight excluding hydrogens is 222 g/mol. The van der Waals surface area contributed by atoms with Crippen molar-refractivity contribution in [1.82, 2.24) is 5.32 Å². The van der Waals surface area contributed by atoms with Crippen molar-refractivity contribution in [3.05, 3.63) is 11.6 Å². The maximum atomic E-state index is 11.2. The molecule has 0 aromatic heterocycles. The topological polar surface area (TPSA) is 38.3 Å². The molecule has 0 aliphatic carbocycles. The van der Waals surface area contributed by atoms with Gasteiger partial charge in [-0.05, 0) is 25.6 Å². The fourth-order valence-corrected chi connectivity index (χ4v) is 1.58. The molecule has 4 heteroatoms. The molecule has 1 unspecified atom stereocenters. The lowest BCUT2D eigenvalue weighted by atomic mass is 10.2. The van der Waals surface area contributed by atoms with E-state index in [0.717, 1.165) is 31.5 Å². The summed E-state index contributed by atoms with van der Waals surface area (Å²) in [6.45, 7) is 5.89. The van der Waals surface area contributed by atoms with Gasteiger partial charge in [-0.1, -0.05) is 19.9 Å². The van der Waals surface area contributed by atoms with E-state index in [1.807, 2.05) is 24.8 Å². The van der Waals surface area contributed by atoms with Crippen LogP contribution in [0.25, 0.3) is 0 Å². The van der Waals surface area contributed by atoms with Crippen LogP contribution in [0.2, 0.25) is 0 Å². The van der Waals surface area contributed by atoms with Crippen molar-refractivity contribution in [2.45, 2.75) is 31.9 Å². The number of esters is 1. The molecule has 94 valence electrons. The van der Waals surface area contributed by atoms with Gasteiger partial charge in [0, 0.05) is 17.4 Å². The molecule has 16 heavy (non-hydrogen) atoms. The maximum absolute atomic E-state index is 11.2. The normalized spacial score (nSPS) is 13.6. The summed E-state index contributed by atoms with van der Waals surface area (Å²) in [6.07, 6.45) is 5.90. The van der Waals surface area contributed by atoms with Gasteiger partial charge < -0.3 is 10.1 Å². The first-order valence-electron chi connectivity index (χ1n) is 5.66. The fraction of sp³-hybridized carbons (Fsp3) is 0.750. The first kappa shape index (κ1) is 15.5. The van der Waals surface area contributed by atoms with Crippen molar-refractivity contribution >= 4 is 17.7 Å². The van der Waals surface area contributed by atoms with Gasteiger partial charge in [0.05, 0.1) is 7.11 Å². The zero-order valence-electron chi connectivity index (χ0n) is 10.7. The predicted molar refractivity (Wildman–Crippen MR) is 70.9 cm³/mol. The first-order valence-corrected chi connectivity index (χ1v) is 6.95. The van der Waals surface area contributed by atoms with Gasteiger partial charge in [0.1, 0.15) is 0 Å². The van der Waals surface area contributed by atoms with Gasteiger partial charge in [-0.2, -0.15) is 11.8 Å². The third kappa shape index (κ3) is 6.90. The number of hydrogen-bond acceptors (Lipinski definition) is 4. The van der Waals surface area contributed by atoms with Gasteiger partial charge in [0.25, 0.3) is 0 Å². The second kappa shape index (κ2) is 9.73. The van der Waals surface area contributed by atoms with Crippen LogP contribution < -0.4 is 5.32 Å². The van der Waals surface area contributed by atoms with Gasteiger partial charge in [0.15, 0.2) is 0 Å². The van der Waals surface area contributed by atoms with Crippen molar-refractivity contribution in [2.24, 2.45) is 0 Å². The van der Waals surface area contributed by atoms with Crippen LogP contribution in [-0.4, -0.2) is 37.7 Å². The summed E-state index contributed by atoms with van der Waals surface area (Å²) in [6, 6.07) is 0. The fourth-order valence-electron chi connectivity index (χ4n) is 1.22. The highest BCUT2D eigenvalue weighted by Gasteiger charge is 2.05. The Bertz CT molecular complexity index is 229. The van der Waals surface area contributed by atoms with Crippen molar-refractivity contribution in [2.75, 3.05) is 26.5 Å². The molecular formula is C12H23NO2S. The molecule has 0 heterocycles. The Kier molecular flexibility index (Phi) is 9.43. The highest BCUT2D eigenvalue weighted by atomic mass is 32.2. The van der Waals surface area contributed by atoms with E-state index in [9.17, 15) is 4.79 Å². The van der Waals surface area contributed by atoms with Crippen LogP contribution in [0.1, 0.15) is 26.7 Å². The van der Waals surface area contributed by atoms with Crippen molar-refractivity contribution in [3.8, 4) is 0 Å². The predicted octanol–water partition coefficient (Wildman–Crippen LogP) is 2.23. The van der Waals surface area contributed by atoms with E-state index in [1.165, 1.54) is 7.11 Å². The Morgan fingerprint density at radius 3 is 2.75 bits per heavy atom. The summed E-state index contributed by atoms with van der Waals surface area (Å²) in [5.41, 5.74) is 0.743. The molecule has 0 aromatic rings. The van der Waals surface area contributed by atoms with Crippen LogP contribution in [0.4, 0.5) is 0 Å². The first-order chi connectivity index (χ1) is 7.65. The average Bonchev–Trinajstić information content (AvgIpc) is 2.32. The molecule has 0 spiro atoms. The summed E-state index contributed by atoms with van der Waals surface area (Å²) in [5, 5.41) is 3.98. The van der Waals surface area contributed by atoms with Crippen molar-refractivity contribution in [3.63, 3.8) is 0 Å². The lowest BCUT2D eigenvalue weighted by Crippen LogP contribution is -2.19. The number of thioether (sulfide) groups is 1. The molecule has 0 radical (unpaired) electrons. The lowest BCUT2D eigenvalue weighted by Gasteiger charge is -2.08. The van der Waals surface area contributed by atoms with Crippen LogP contribution in [0.5, 0.6) is 0 Å². The minimum Gasteiger partial charge on any atom is -0.466 e. The molecule has 0 aliphatic heterocycles. The highest BCUT2D eigenvalue weighted by molar-refractivity contribution is 7.99. The SMILES string of the molecule is CCC(=CCNCCC(C)SC)C(=O)OC. The van der Waals surface area contributed by atoms with E-state index in [1.54, 1.807) is 0 Å². The molecule has 0 bridgehead atoms. The standard InChI is InChI=1S/C12H23NO2S/c1-5-11(12(14)15-3)7-9-13-8-6-10(2)16-4/h7,10,13H,5-6,8-9H2,1-4H3. The number of methoxy groups -OCH3 is 1. The van der Waals surface area contributed by atoms with E-state index in [0.29, 0.717) is 5.25 Å². The van der Waals surface area contributed by atoms with Crippen molar-refractivity contribution in [1.29, 1.82) is 0 Å². The van der Waals surface area contributed by atoms with E-state index >= 15 is 0 Å². The van der Waals surface area contributed by atoms with Crippen LogP contribution in [-0.2, 0) is 9.53 Å². The van der Waals surface area contributed by atoms with Gasteiger partial charge in [-0.25, -0.2) is 4.79 Å².